The number of piperazine rings is 1. The molecule has 0 atom stereocenters. The first-order chi connectivity index (χ1) is 10.5. The zero-order valence-corrected chi connectivity index (χ0v) is 12.6. The summed E-state index contributed by atoms with van der Waals surface area (Å²) in [5.74, 6) is 0.188. The summed E-state index contributed by atoms with van der Waals surface area (Å²) in [6, 6.07) is 0. The van der Waals surface area contributed by atoms with Gasteiger partial charge in [-0.1, -0.05) is 13.8 Å². The van der Waals surface area contributed by atoms with E-state index >= 15 is 0 Å². The summed E-state index contributed by atoms with van der Waals surface area (Å²) in [5.41, 5.74) is 1.62. The molecule has 1 aliphatic heterocycles. The fourth-order valence-corrected chi connectivity index (χ4v) is 2.88. The first-order valence-electron chi connectivity index (χ1n) is 7.37. The van der Waals surface area contributed by atoms with E-state index in [4.69, 9.17) is 5.11 Å². The summed E-state index contributed by atoms with van der Waals surface area (Å²) in [5, 5.41) is 9.56. The quantitative estimate of drug-likeness (QED) is 0.894. The lowest BCUT2D eigenvalue weighted by Crippen LogP contribution is -2.48. The van der Waals surface area contributed by atoms with Gasteiger partial charge in [-0.05, 0) is 11.5 Å². The van der Waals surface area contributed by atoms with Crippen LogP contribution in [0.2, 0.25) is 0 Å². The van der Waals surface area contributed by atoms with Crippen LogP contribution >= 0.6 is 0 Å². The molecular weight excluding hydrogens is 287 g/mol. The van der Waals surface area contributed by atoms with Crippen LogP contribution in [0.3, 0.4) is 0 Å². The number of nitrogens with zero attached hydrogens (tertiary/aromatic N) is 3. The molecule has 0 aliphatic carbocycles. The van der Waals surface area contributed by atoms with Crippen molar-refractivity contribution in [3.05, 3.63) is 23.8 Å². The van der Waals surface area contributed by atoms with Crippen molar-refractivity contribution in [1.29, 1.82) is 0 Å². The largest absolute Gasteiger partial charge is 0.465 e. The van der Waals surface area contributed by atoms with E-state index in [0.717, 1.165) is 5.56 Å². The molecular formula is C15H19FN4O2. The molecule has 1 amide bonds. The van der Waals surface area contributed by atoms with Gasteiger partial charge in [0, 0.05) is 37.8 Å². The van der Waals surface area contributed by atoms with Crippen LogP contribution in [0.5, 0.6) is 0 Å². The molecule has 3 heterocycles. The second kappa shape index (κ2) is 5.47. The molecule has 0 saturated carbocycles. The number of hydrogen-bond acceptors (Lipinski definition) is 3. The molecule has 0 aromatic carbocycles. The Balaban J connectivity index is 1.93. The van der Waals surface area contributed by atoms with E-state index in [9.17, 15) is 9.18 Å². The van der Waals surface area contributed by atoms with Gasteiger partial charge >= 0.3 is 6.09 Å². The van der Waals surface area contributed by atoms with E-state index in [1.54, 1.807) is 6.20 Å². The number of nitrogens with one attached hydrogen (secondary N) is 1. The number of aromatic amines is 1. The number of anilines is 1. The van der Waals surface area contributed by atoms with Gasteiger partial charge in [0.05, 0.1) is 11.7 Å². The minimum absolute atomic E-state index is 0.211. The normalized spacial score (nSPS) is 15.8. The predicted octanol–water partition coefficient (Wildman–Crippen LogP) is 2.63. The van der Waals surface area contributed by atoms with E-state index in [0.29, 0.717) is 42.9 Å². The Kier molecular flexibility index (Phi) is 3.64. The monoisotopic (exact) mass is 306 g/mol. The number of fused-ring (bicyclic) bond motifs is 1. The van der Waals surface area contributed by atoms with Crippen molar-refractivity contribution in [3.63, 3.8) is 0 Å². The van der Waals surface area contributed by atoms with Gasteiger partial charge in [0.15, 0.2) is 11.6 Å². The third kappa shape index (κ3) is 2.36. The zero-order chi connectivity index (χ0) is 15.9. The van der Waals surface area contributed by atoms with E-state index < -0.39 is 6.09 Å². The molecule has 2 aromatic rings. The molecule has 1 fully saturated rings. The maximum Gasteiger partial charge on any atom is 0.407 e. The van der Waals surface area contributed by atoms with Gasteiger partial charge < -0.3 is 19.9 Å². The van der Waals surface area contributed by atoms with Gasteiger partial charge in [0.1, 0.15) is 0 Å². The van der Waals surface area contributed by atoms with E-state index in [1.165, 1.54) is 4.90 Å². The third-order valence-electron chi connectivity index (χ3n) is 4.14. The molecule has 22 heavy (non-hydrogen) atoms. The van der Waals surface area contributed by atoms with Gasteiger partial charge in [-0.15, -0.1) is 0 Å². The fraction of sp³-hybridized carbons (Fsp3) is 0.467. The number of H-pyrrole nitrogens is 1. The Labute approximate surface area is 127 Å². The van der Waals surface area contributed by atoms with Crippen molar-refractivity contribution < 1.29 is 14.3 Å². The fourth-order valence-electron chi connectivity index (χ4n) is 2.88. The SMILES string of the molecule is CC(C)c1c[nH]c2cnc(N3CCN(C(=O)O)CC3)c(F)c12. The lowest BCUT2D eigenvalue weighted by atomic mass is 10.0. The molecule has 0 bridgehead atoms. The molecule has 1 saturated heterocycles. The van der Waals surface area contributed by atoms with Crippen molar-refractivity contribution in [2.75, 3.05) is 31.1 Å². The van der Waals surface area contributed by atoms with E-state index in [-0.39, 0.29) is 11.7 Å². The summed E-state index contributed by atoms with van der Waals surface area (Å²) < 4.78 is 14.9. The maximum atomic E-state index is 14.9. The van der Waals surface area contributed by atoms with Crippen molar-refractivity contribution in [1.82, 2.24) is 14.9 Å². The molecule has 2 aromatic heterocycles. The van der Waals surface area contributed by atoms with Crippen LogP contribution in [-0.4, -0.2) is 52.2 Å². The van der Waals surface area contributed by atoms with Crippen LogP contribution in [0.15, 0.2) is 12.4 Å². The Hall–Kier alpha value is -2.31. The highest BCUT2D eigenvalue weighted by molar-refractivity contribution is 5.86. The van der Waals surface area contributed by atoms with Gasteiger partial charge in [0.25, 0.3) is 0 Å². The molecule has 7 heteroatoms. The Bertz CT molecular complexity index is 705. The Morgan fingerprint density at radius 3 is 2.64 bits per heavy atom. The number of halogens is 1. The highest BCUT2D eigenvalue weighted by atomic mass is 19.1. The minimum atomic E-state index is -0.934. The third-order valence-corrected chi connectivity index (χ3v) is 4.14. The molecule has 118 valence electrons. The van der Waals surface area contributed by atoms with E-state index in [1.807, 2.05) is 24.9 Å². The lowest BCUT2D eigenvalue weighted by molar-refractivity contribution is 0.142. The topological polar surface area (TPSA) is 72.5 Å². The number of pyridine rings is 1. The van der Waals surface area contributed by atoms with E-state index in [2.05, 4.69) is 9.97 Å². The van der Waals surface area contributed by atoms with Gasteiger partial charge in [0.2, 0.25) is 0 Å². The number of hydrogen-bond donors (Lipinski definition) is 2. The Morgan fingerprint density at radius 1 is 1.36 bits per heavy atom. The molecule has 3 rings (SSSR count). The zero-order valence-electron chi connectivity index (χ0n) is 12.6. The molecule has 0 unspecified atom stereocenters. The predicted molar refractivity (Wildman–Crippen MR) is 82.0 cm³/mol. The average molecular weight is 306 g/mol. The second-order valence-electron chi connectivity index (χ2n) is 5.84. The number of aromatic nitrogens is 2. The minimum Gasteiger partial charge on any atom is -0.465 e. The molecule has 1 aliphatic rings. The van der Waals surface area contributed by atoms with Gasteiger partial charge in [-0.25, -0.2) is 14.2 Å². The van der Waals surface area contributed by atoms with Crippen LogP contribution in [0.25, 0.3) is 10.9 Å². The van der Waals surface area contributed by atoms with Crippen molar-refractivity contribution in [2.24, 2.45) is 0 Å². The first kappa shape index (κ1) is 14.6. The number of rotatable bonds is 2. The maximum absolute atomic E-state index is 14.9. The second-order valence-corrected chi connectivity index (χ2v) is 5.84. The molecule has 2 N–H and O–H groups in total. The van der Waals surface area contributed by atoms with Crippen molar-refractivity contribution in [3.8, 4) is 0 Å². The molecule has 0 radical (unpaired) electrons. The number of carbonyl (C=O) groups is 1. The van der Waals surface area contributed by atoms with Crippen molar-refractivity contribution >= 4 is 22.8 Å². The van der Waals surface area contributed by atoms with Crippen LogP contribution in [-0.2, 0) is 0 Å². The van der Waals surface area contributed by atoms with Crippen LogP contribution in [0.1, 0.15) is 25.3 Å². The van der Waals surface area contributed by atoms with Crippen LogP contribution in [0, 0.1) is 5.82 Å². The summed E-state index contributed by atoms with van der Waals surface area (Å²) in [6.45, 7) is 5.66. The summed E-state index contributed by atoms with van der Waals surface area (Å²) in [7, 11) is 0. The smallest absolute Gasteiger partial charge is 0.407 e. The summed E-state index contributed by atoms with van der Waals surface area (Å²) >= 11 is 0. The summed E-state index contributed by atoms with van der Waals surface area (Å²) in [4.78, 5) is 21.4. The van der Waals surface area contributed by atoms with Crippen molar-refractivity contribution in [2.45, 2.75) is 19.8 Å². The van der Waals surface area contributed by atoms with Crippen LogP contribution in [0.4, 0.5) is 15.0 Å². The highest BCUT2D eigenvalue weighted by Gasteiger charge is 2.25. The molecule has 6 nitrogen and oxygen atoms in total. The Morgan fingerprint density at radius 2 is 2.05 bits per heavy atom. The summed E-state index contributed by atoms with van der Waals surface area (Å²) in [6.07, 6.45) is 2.53. The van der Waals surface area contributed by atoms with Gasteiger partial charge in [-0.2, -0.15) is 0 Å². The lowest BCUT2D eigenvalue weighted by Gasteiger charge is -2.34. The average Bonchev–Trinajstić information content (AvgIpc) is 2.93. The highest BCUT2D eigenvalue weighted by Crippen LogP contribution is 2.31. The van der Waals surface area contributed by atoms with Gasteiger partial charge in [-0.3, -0.25) is 0 Å². The van der Waals surface area contributed by atoms with Crippen LogP contribution < -0.4 is 4.90 Å². The molecule has 0 spiro atoms. The number of carboxylic acid groups (broad SMARTS) is 1. The number of amides is 1. The standard InChI is InChI=1S/C15H19FN4O2/c1-9(2)10-7-17-11-8-18-14(13(16)12(10)11)19-3-5-20(6-4-19)15(21)22/h7-9,17H,3-6H2,1-2H3,(H,21,22). The first-order valence-corrected chi connectivity index (χ1v) is 7.37.